The highest BCUT2D eigenvalue weighted by molar-refractivity contribution is 5.76. The van der Waals surface area contributed by atoms with Crippen LogP contribution >= 0.6 is 0 Å². The highest BCUT2D eigenvalue weighted by Crippen LogP contribution is 2.32. The third-order valence-corrected chi connectivity index (χ3v) is 5.58. The summed E-state index contributed by atoms with van der Waals surface area (Å²) in [5.74, 6) is 1.66. The fourth-order valence-electron chi connectivity index (χ4n) is 4.00. The lowest BCUT2D eigenvalue weighted by Gasteiger charge is -2.28. The van der Waals surface area contributed by atoms with Crippen molar-refractivity contribution in [3.05, 3.63) is 59.7 Å². The van der Waals surface area contributed by atoms with Gasteiger partial charge in [0, 0.05) is 19.0 Å². The number of ether oxygens (including phenoxy) is 2. The molecule has 0 aliphatic carbocycles. The van der Waals surface area contributed by atoms with E-state index in [2.05, 4.69) is 34.5 Å². The number of carbonyl (C=O) groups excluding carboxylic acids is 1. The summed E-state index contributed by atoms with van der Waals surface area (Å²) in [4.78, 5) is 15.0. The van der Waals surface area contributed by atoms with Crippen molar-refractivity contribution >= 4 is 5.91 Å². The predicted octanol–water partition coefficient (Wildman–Crippen LogP) is 3.17. The molecule has 0 saturated carbocycles. The van der Waals surface area contributed by atoms with E-state index in [9.17, 15) is 4.79 Å². The van der Waals surface area contributed by atoms with Crippen molar-refractivity contribution in [3.8, 4) is 11.5 Å². The van der Waals surface area contributed by atoms with Gasteiger partial charge in [0.1, 0.15) is 0 Å². The lowest BCUT2D eigenvalue weighted by Crippen LogP contribution is -2.44. The fourth-order valence-corrected chi connectivity index (χ4v) is 4.00. The van der Waals surface area contributed by atoms with E-state index in [-0.39, 0.29) is 12.7 Å². The third kappa shape index (κ3) is 4.84. The molecule has 2 aromatic rings. The van der Waals surface area contributed by atoms with Crippen LogP contribution in [0.1, 0.15) is 30.4 Å². The van der Waals surface area contributed by atoms with Crippen molar-refractivity contribution < 1.29 is 14.3 Å². The molecule has 5 nitrogen and oxygen atoms in total. The molecule has 2 heterocycles. The minimum Gasteiger partial charge on any atom is -0.454 e. The molecule has 1 fully saturated rings. The van der Waals surface area contributed by atoms with E-state index >= 15 is 0 Å². The zero-order chi connectivity index (χ0) is 19.2. The lowest BCUT2D eigenvalue weighted by atomic mass is 10.0. The van der Waals surface area contributed by atoms with Crippen molar-refractivity contribution in [2.75, 3.05) is 26.4 Å². The van der Waals surface area contributed by atoms with E-state index in [0.717, 1.165) is 36.6 Å². The average molecular weight is 380 g/mol. The highest BCUT2D eigenvalue weighted by Gasteiger charge is 2.22. The van der Waals surface area contributed by atoms with Crippen LogP contribution in [0.4, 0.5) is 0 Å². The molecule has 0 radical (unpaired) electrons. The summed E-state index contributed by atoms with van der Waals surface area (Å²) in [6.45, 7) is 3.24. The first-order valence-corrected chi connectivity index (χ1v) is 10.2. The van der Waals surface area contributed by atoms with Gasteiger partial charge in [-0.2, -0.15) is 0 Å². The van der Waals surface area contributed by atoms with E-state index in [0.29, 0.717) is 25.4 Å². The molecule has 0 bridgehead atoms. The molecule has 1 unspecified atom stereocenters. The number of carbonyl (C=O) groups is 1. The number of fused-ring (bicyclic) bond motifs is 1. The smallest absolute Gasteiger partial charge is 0.231 e. The van der Waals surface area contributed by atoms with E-state index in [1.165, 1.54) is 18.4 Å². The molecule has 5 heteroatoms. The number of rotatable bonds is 8. The molecule has 28 heavy (non-hydrogen) atoms. The normalized spacial score (nSPS) is 16.9. The molecule has 1 amide bonds. The minimum absolute atomic E-state index is 0.106. The molecule has 2 aliphatic rings. The molecule has 0 spiro atoms. The topological polar surface area (TPSA) is 50.8 Å². The monoisotopic (exact) mass is 380 g/mol. The van der Waals surface area contributed by atoms with Crippen molar-refractivity contribution in [2.45, 2.75) is 38.1 Å². The summed E-state index contributed by atoms with van der Waals surface area (Å²) in [6, 6.07) is 16.8. The largest absolute Gasteiger partial charge is 0.454 e. The Labute approximate surface area is 166 Å². The van der Waals surface area contributed by atoms with Gasteiger partial charge in [0.2, 0.25) is 12.7 Å². The second kappa shape index (κ2) is 9.11. The molecule has 4 rings (SSSR count). The summed E-state index contributed by atoms with van der Waals surface area (Å²) in [7, 11) is 0. The molecule has 1 atom stereocenters. The van der Waals surface area contributed by atoms with Gasteiger partial charge < -0.3 is 14.8 Å². The van der Waals surface area contributed by atoms with Gasteiger partial charge >= 0.3 is 0 Å². The zero-order valence-corrected chi connectivity index (χ0v) is 16.2. The predicted molar refractivity (Wildman–Crippen MR) is 109 cm³/mol. The zero-order valence-electron chi connectivity index (χ0n) is 16.2. The van der Waals surface area contributed by atoms with Crippen molar-refractivity contribution in [2.24, 2.45) is 0 Å². The summed E-state index contributed by atoms with van der Waals surface area (Å²) in [5.41, 5.74) is 2.42. The Morgan fingerprint density at radius 2 is 1.79 bits per heavy atom. The van der Waals surface area contributed by atoms with Crippen molar-refractivity contribution in [3.63, 3.8) is 0 Å². The second-order valence-electron chi connectivity index (χ2n) is 7.58. The Balaban J connectivity index is 1.28. The van der Waals surface area contributed by atoms with Crippen LogP contribution in [0.15, 0.2) is 48.5 Å². The van der Waals surface area contributed by atoms with Gasteiger partial charge in [0.15, 0.2) is 11.5 Å². The van der Waals surface area contributed by atoms with Crippen molar-refractivity contribution in [1.82, 2.24) is 10.2 Å². The SMILES string of the molecule is O=C(CCc1ccc2c(c1)OCO2)NCC(Cc1ccccc1)N1CCCC1. The average Bonchev–Trinajstić information content (AvgIpc) is 3.41. The third-order valence-electron chi connectivity index (χ3n) is 5.58. The van der Waals surface area contributed by atoms with Gasteiger partial charge in [-0.25, -0.2) is 0 Å². The van der Waals surface area contributed by atoms with E-state index < -0.39 is 0 Å². The number of hydrogen-bond donors (Lipinski definition) is 1. The van der Waals surface area contributed by atoms with Crippen molar-refractivity contribution in [1.29, 1.82) is 0 Å². The maximum atomic E-state index is 12.4. The number of amides is 1. The number of benzene rings is 2. The highest BCUT2D eigenvalue weighted by atomic mass is 16.7. The van der Waals surface area contributed by atoms with Gasteiger partial charge in [-0.3, -0.25) is 9.69 Å². The summed E-state index contributed by atoms with van der Waals surface area (Å²) < 4.78 is 10.7. The quantitative estimate of drug-likeness (QED) is 0.764. The summed E-state index contributed by atoms with van der Waals surface area (Å²) in [5, 5.41) is 3.17. The van der Waals surface area contributed by atoms with E-state index in [1.54, 1.807) is 0 Å². The Bertz CT molecular complexity index is 788. The molecule has 1 N–H and O–H groups in total. The van der Waals surface area contributed by atoms with Crippen LogP contribution in [-0.2, 0) is 17.6 Å². The van der Waals surface area contributed by atoms with Gasteiger partial charge in [-0.05, 0) is 62.0 Å². The van der Waals surface area contributed by atoms with Crippen LogP contribution < -0.4 is 14.8 Å². The number of hydrogen-bond acceptors (Lipinski definition) is 4. The maximum absolute atomic E-state index is 12.4. The van der Waals surface area contributed by atoms with Gasteiger partial charge in [0.05, 0.1) is 0 Å². The van der Waals surface area contributed by atoms with Crippen LogP contribution in [0.25, 0.3) is 0 Å². The molecular formula is C23H28N2O3. The first kappa shape index (κ1) is 18.8. The van der Waals surface area contributed by atoms with Gasteiger partial charge in [-0.1, -0.05) is 36.4 Å². The molecule has 0 aromatic heterocycles. The molecule has 1 saturated heterocycles. The second-order valence-corrected chi connectivity index (χ2v) is 7.58. The summed E-state index contributed by atoms with van der Waals surface area (Å²) in [6.07, 6.45) is 4.67. The molecule has 2 aromatic carbocycles. The minimum atomic E-state index is 0.106. The molecule has 148 valence electrons. The van der Waals surface area contributed by atoms with Gasteiger partial charge in [0.25, 0.3) is 0 Å². The number of likely N-dealkylation sites (tertiary alicyclic amines) is 1. The Morgan fingerprint density at radius 3 is 2.61 bits per heavy atom. The first-order valence-electron chi connectivity index (χ1n) is 10.2. The Hall–Kier alpha value is -2.53. The maximum Gasteiger partial charge on any atom is 0.231 e. The number of aryl methyl sites for hydroxylation is 1. The standard InChI is InChI=1S/C23H28N2O3/c26-23(11-9-19-8-10-21-22(15-19)28-17-27-21)24-16-20(25-12-4-5-13-25)14-18-6-2-1-3-7-18/h1-3,6-8,10,15,20H,4-5,9,11-14,16-17H2,(H,24,26). The van der Waals surface area contributed by atoms with Crippen LogP contribution in [-0.4, -0.2) is 43.3 Å². The van der Waals surface area contributed by atoms with Gasteiger partial charge in [-0.15, -0.1) is 0 Å². The Morgan fingerprint density at radius 1 is 1.00 bits per heavy atom. The van der Waals surface area contributed by atoms with Crippen LogP contribution in [0.2, 0.25) is 0 Å². The molecular weight excluding hydrogens is 352 g/mol. The number of nitrogens with zero attached hydrogens (tertiary/aromatic N) is 1. The lowest BCUT2D eigenvalue weighted by molar-refractivity contribution is -0.121. The van der Waals surface area contributed by atoms with Crippen LogP contribution in [0.3, 0.4) is 0 Å². The van der Waals surface area contributed by atoms with Crippen LogP contribution in [0.5, 0.6) is 11.5 Å². The molecule has 2 aliphatic heterocycles. The number of nitrogens with one attached hydrogen (secondary N) is 1. The Kier molecular flexibility index (Phi) is 6.12. The van der Waals surface area contributed by atoms with Crippen LogP contribution in [0, 0.1) is 0 Å². The van der Waals surface area contributed by atoms with E-state index in [4.69, 9.17) is 9.47 Å². The van der Waals surface area contributed by atoms with E-state index in [1.807, 2.05) is 24.3 Å². The summed E-state index contributed by atoms with van der Waals surface area (Å²) >= 11 is 0. The first-order chi connectivity index (χ1) is 13.8. The fraction of sp³-hybridized carbons (Fsp3) is 0.435.